The van der Waals surface area contributed by atoms with Gasteiger partial charge < -0.3 is 19.5 Å². The number of benzene rings is 3. The van der Waals surface area contributed by atoms with Gasteiger partial charge in [-0.15, -0.1) is 0 Å². The molecule has 33 heavy (non-hydrogen) atoms. The zero-order chi connectivity index (χ0) is 23.2. The lowest BCUT2D eigenvalue weighted by Gasteiger charge is -2.23. The molecule has 2 aliphatic rings. The van der Waals surface area contributed by atoms with Crippen LogP contribution in [0.4, 0.5) is 5.69 Å². The highest BCUT2D eigenvalue weighted by Gasteiger charge is 2.50. The van der Waals surface area contributed by atoms with Gasteiger partial charge in [-0.05, 0) is 42.0 Å². The molecule has 2 aliphatic heterocycles. The summed E-state index contributed by atoms with van der Waals surface area (Å²) < 4.78 is 11.1. The van der Waals surface area contributed by atoms with Crippen molar-refractivity contribution in [3.05, 3.63) is 87.4 Å². The van der Waals surface area contributed by atoms with E-state index in [4.69, 9.17) is 32.7 Å². The van der Waals surface area contributed by atoms with E-state index in [9.17, 15) is 14.7 Å². The summed E-state index contributed by atoms with van der Waals surface area (Å²) in [7, 11) is 0. The molecule has 0 saturated heterocycles. The average Bonchev–Trinajstić information content (AvgIpc) is 3.03. The third kappa shape index (κ3) is 3.84. The van der Waals surface area contributed by atoms with Crippen LogP contribution >= 0.6 is 23.2 Å². The van der Waals surface area contributed by atoms with Gasteiger partial charge in [0, 0.05) is 11.1 Å². The van der Waals surface area contributed by atoms with E-state index in [1.165, 1.54) is 4.90 Å². The lowest BCUT2D eigenvalue weighted by atomic mass is 9.88. The van der Waals surface area contributed by atoms with E-state index >= 15 is 0 Å². The molecule has 0 aliphatic carbocycles. The Balaban J connectivity index is 1.45. The number of nitrogens with zero attached hydrogens (tertiary/aromatic N) is 1. The van der Waals surface area contributed by atoms with E-state index in [0.717, 1.165) is 5.56 Å². The Morgan fingerprint density at radius 2 is 1.73 bits per heavy atom. The number of carbonyl (C=O) groups excluding carboxylic acids is 2. The van der Waals surface area contributed by atoms with Gasteiger partial charge in [0.1, 0.15) is 13.2 Å². The molecule has 3 aromatic carbocycles. The fourth-order valence-corrected chi connectivity index (χ4v) is 4.53. The highest BCUT2D eigenvalue weighted by molar-refractivity contribution is 6.42. The Labute approximate surface area is 200 Å². The first-order valence-corrected chi connectivity index (χ1v) is 11.1. The van der Waals surface area contributed by atoms with E-state index in [1.807, 2.05) is 0 Å². The predicted octanol–water partition coefficient (Wildman–Crippen LogP) is 4.77. The number of aliphatic hydroxyl groups is 1. The van der Waals surface area contributed by atoms with Crippen molar-refractivity contribution in [1.29, 1.82) is 0 Å². The maximum atomic E-state index is 13.5. The molecule has 0 unspecified atom stereocenters. The third-order valence-corrected chi connectivity index (χ3v) is 6.58. The van der Waals surface area contributed by atoms with Gasteiger partial charge in [-0.25, -0.2) is 0 Å². The SMILES string of the molecule is O=C(C[C@]1(O)C(=O)N(Cc2ccc(Cl)c(Cl)c2)c2ccccc21)c1ccc2c(c1)OCCO2. The van der Waals surface area contributed by atoms with Crippen LogP contribution in [0.25, 0.3) is 0 Å². The number of fused-ring (bicyclic) bond motifs is 2. The smallest absolute Gasteiger partial charge is 0.264 e. The molecule has 0 spiro atoms. The Morgan fingerprint density at radius 3 is 2.52 bits per heavy atom. The Hall–Kier alpha value is -3.06. The molecule has 0 saturated carbocycles. The summed E-state index contributed by atoms with van der Waals surface area (Å²) in [5.41, 5.74) is 0.0276. The second-order valence-electron chi connectivity index (χ2n) is 7.98. The normalized spacial score (nSPS) is 18.9. The van der Waals surface area contributed by atoms with Crippen molar-refractivity contribution in [3.63, 3.8) is 0 Å². The average molecular weight is 484 g/mol. The third-order valence-electron chi connectivity index (χ3n) is 5.84. The first kappa shape index (κ1) is 21.8. The van der Waals surface area contributed by atoms with E-state index < -0.39 is 17.9 Å². The van der Waals surface area contributed by atoms with Crippen LogP contribution in [0.3, 0.4) is 0 Å². The summed E-state index contributed by atoms with van der Waals surface area (Å²) in [6.07, 6.45) is -0.402. The number of hydrogen-bond donors (Lipinski definition) is 1. The largest absolute Gasteiger partial charge is 0.486 e. The standard InChI is InChI=1S/C25H19Cl2NO5/c26-18-7-5-15(11-19(18)27)14-28-20-4-2-1-3-17(20)25(31,24(28)30)13-21(29)16-6-8-22-23(12-16)33-10-9-32-22/h1-8,11-12,31H,9-10,13-14H2/t25-/m1/s1. The van der Waals surface area contributed by atoms with Crippen molar-refractivity contribution in [2.24, 2.45) is 0 Å². The number of rotatable bonds is 5. The molecule has 1 amide bonds. The molecule has 0 fully saturated rings. The number of hydrogen-bond acceptors (Lipinski definition) is 5. The minimum Gasteiger partial charge on any atom is -0.486 e. The molecule has 1 N–H and O–H groups in total. The molecule has 8 heteroatoms. The van der Waals surface area contributed by atoms with E-state index in [2.05, 4.69) is 0 Å². The van der Waals surface area contributed by atoms with Crippen molar-refractivity contribution in [3.8, 4) is 11.5 Å². The van der Waals surface area contributed by atoms with Crippen LogP contribution in [0.1, 0.15) is 27.9 Å². The van der Waals surface area contributed by atoms with Crippen LogP contribution < -0.4 is 14.4 Å². The van der Waals surface area contributed by atoms with E-state index in [1.54, 1.807) is 60.7 Å². The first-order chi connectivity index (χ1) is 15.9. The molecule has 6 nitrogen and oxygen atoms in total. The molecule has 168 valence electrons. The lowest BCUT2D eigenvalue weighted by molar-refractivity contribution is -0.136. The minimum absolute atomic E-state index is 0.174. The molecule has 5 rings (SSSR count). The van der Waals surface area contributed by atoms with Gasteiger partial charge in [-0.2, -0.15) is 0 Å². The summed E-state index contributed by atoms with van der Waals surface area (Å²) in [5, 5.41) is 12.3. The van der Waals surface area contributed by atoms with E-state index in [0.29, 0.717) is 51.6 Å². The fraction of sp³-hybridized carbons (Fsp3) is 0.200. The zero-order valence-corrected chi connectivity index (χ0v) is 18.9. The van der Waals surface area contributed by atoms with Gasteiger partial charge in [-0.1, -0.05) is 47.5 Å². The molecule has 3 aromatic rings. The Kier molecular flexibility index (Phi) is 5.52. The first-order valence-electron chi connectivity index (χ1n) is 10.4. The summed E-state index contributed by atoms with van der Waals surface area (Å²) in [6.45, 7) is 1.01. The van der Waals surface area contributed by atoms with Crippen molar-refractivity contribution in [1.82, 2.24) is 0 Å². The number of ketones is 1. The fourth-order valence-electron chi connectivity index (χ4n) is 4.21. The summed E-state index contributed by atoms with van der Waals surface area (Å²) in [5.74, 6) is 0.0831. The Morgan fingerprint density at radius 1 is 0.970 bits per heavy atom. The van der Waals surface area contributed by atoms with Crippen molar-refractivity contribution < 1.29 is 24.2 Å². The molecule has 2 heterocycles. The molecular formula is C25H19Cl2NO5. The molecule has 0 aromatic heterocycles. The number of anilines is 1. The summed E-state index contributed by atoms with van der Waals surface area (Å²) in [6, 6.07) is 16.9. The topological polar surface area (TPSA) is 76.1 Å². The lowest BCUT2D eigenvalue weighted by Crippen LogP contribution is -2.41. The quantitative estimate of drug-likeness (QED) is 0.528. The van der Waals surface area contributed by atoms with Crippen molar-refractivity contribution >= 4 is 40.6 Å². The highest BCUT2D eigenvalue weighted by Crippen LogP contribution is 2.44. The van der Waals surface area contributed by atoms with Crippen LogP contribution in [0, 0.1) is 0 Å². The number of para-hydroxylation sites is 1. The summed E-state index contributed by atoms with van der Waals surface area (Å²) in [4.78, 5) is 28.1. The van der Waals surface area contributed by atoms with Gasteiger partial charge in [-0.3, -0.25) is 9.59 Å². The van der Waals surface area contributed by atoms with E-state index in [-0.39, 0.29) is 12.3 Å². The zero-order valence-electron chi connectivity index (χ0n) is 17.4. The van der Waals surface area contributed by atoms with Crippen molar-refractivity contribution in [2.45, 2.75) is 18.6 Å². The van der Waals surface area contributed by atoms with Gasteiger partial charge in [0.05, 0.1) is 28.7 Å². The molecule has 1 atom stereocenters. The van der Waals surface area contributed by atoms with Crippen molar-refractivity contribution in [2.75, 3.05) is 18.1 Å². The minimum atomic E-state index is -1.99. The maximum Gasteiger partial charge on any atom is 0.264 e. The van der Waals surface area contributed by atoms with Crippen LogP contribution in [0.5, 0.6) is 11.5 Å². The maximum absolute atomic E-state index is 13.5. The molecule has 0 radical (unpaired) electrons. The monoisotopic (exact) mass is 483 g/mol. The number of ether oxygens (including phenoxy) is 2. The second-order valence-corrected chi connectivity index (χ2v) is 8.79. The number of carbonyl (C=O) groups is 2. The van der Waals surface area contributed by atoms with Gasteiger partial charge >= 0.3 is 0 Å². The highest BCUT2D eigenvalue weighted by atomic mass is 35.5. The van der Waals surface area contributed by atoms with Crippen LogP contribution in [0.15, 0.2) is 60.7 Å². The van der Waals surface area contributed by atoms with Crippen LogP contribution in [0.2, 0.25) is 10.0 Å². The van der Waals surface area contributed by atoms with Crippen LogP contribution in [-0.2, 0) is 16.9 Å². The number of halogens is 2. The number of amides is 1. The van der Waals surface area contributed by atoms with Gasteiger partial charge in [0.15, 0.2) is 22.9 Å². The Bertz CT molecular complexity index is 1280. The summed E-state index contributed by atoms with van der Waals surface area (Å²) >= 11 is 12.1. The number of Topliss-reactive ketones (excluding diaryl/α,β-unsaturated/α-hetero) is 1. The molecule has 0 bridgehead atoms. The second kappa shape index (κ2) is 8.37. The predicted molar refractivity (Wildman–Crippen MR) is 124 cm³/mol. The van der Waals surface area contributed by atoms with Gasteiger partial charge in [0.2, 0.25) is 0 Å². The molecular weight excluding hydrogens is 465 g/mol. The van der Waals surface area contributed by atoms with Gasteiger partial charge in [0.25, 0.3) is 5.91 Å². The van der Waals surface area contributed by atoms with Crippen LogP contribution in [-0.4, -0.2) is 30.0 Å².